The fourth-order valence-corrected chi connectivity index (χ4v) is 2.88. The average molecular weight is 433 g/mol. The lowest BCUT2D eigenvalue weighted by Crippen LogP contribution is -2.29. The Morgan fingerprint density at radius 2 is 1.35 bits per heavy atom. The fourth-order valence-electron chi connectivity index (χ4n) is 2.72. The quantitative estimate of drug-likeness (QED) is 0.260. The number of benzene rings is 3. The Kier molecular flexibility index (Phi) is 7.45. The molecule has 3 aromatic carbocycles. The van der Waals surface area contributed by atoms with E-state index >= 15 is 0 Å². The molecule has 156 valence electrons. The summed E-state index contributed by atoms with van der Waals surface area (Å²) in [7, 11) is 0. The van der Waals surface area contributed by atoms with Gasteiger partial charge in [-0.3, -0.25) is 15.0 Å². The molecule has 0 saturated carbocycles. The largest absolute Gasteiger partial charge is 0.480 e. The summed E-state index contributed by atoms with van der Waals surface area (Å²) in [4.78, 5) is 22.4. The lowest BCUT2D eigenvalue weighted by Gasteiger charge is -2.11. The molecule has 0 saturated heterocycles. The number of hydrogen-bond acceptors (Lipinski definition) is 4. The van der Waals surface area contributed by atoms with Crippen molar-refractivity contribution < 1.29 is 14.7 Å². The Bertz CT molecular complexity index is 1040. The van der Waals surface area contributed by atoms with E-state index in [1.54, 1.807) is 24.3 Å². The van der Waals surface area contributed by atoms with Gasteiger partial charge in [-0.2, -0.15) is 5.10 Å². The number of hydrazone groups is 1. The van der Waals surface area contributed by atoms with Crippen LogP contribution < -0.4 is 16.1 Å². The van der Waals surface area contributed by atoms with Crippen molar-refractivity contribution in [3.05, 3.63) is 102 Å². The predicted molar refractivity (Wildman–Crippen MR) is 124 cm³/mol. The molecule has 1 amide bonds. The van der Waals surface area contributed by atoms with Gasteiger partial charge >= 0.3 is 5.97 Å². The van der Waals surface area contributed by atoms with Crippen molar-refractivity contribution in [1.82, 2.24) is 10.7 Å². The Hall–Kier alpha value is -4.04. The van der Waals surface area contributed by atoms with Crippen molar-refractivity contribution in [2.24, 2.45) is 5.10 Å². The number of carboxylic acids is 1. The van der Waals surface area contributed by atoms with Gasteiger partial charge in [-0.15, -0.1) is 0 Å². The van der Waals surface area contributed by atoms with Crippen LogP contribution in [0.2, 0.25) is 0 Å². The Morgan fingerprint density at radius 1 is 0.806 bits per heavy atom. The molecule has 8 heteroatoms. The van der Waals surface area contributed by atoms with E-state index in [-0.39, 0.29) is 5.11 Å². The first-order valence-corrected chi connectivity index (χ1v) is 9.79. The van der Waals surface area contributed by atoms with E-state index in [9.17, 15) is 9.59 Å². The van der Waals surface area contributed by atoms with Gasteiger partial charge in [0, 0.05) is 22.4 Å². The maximum Gasteiger partial charge on any atom is 0.322 e. The third kappa shape index (κ3) is 6.48. The molecule has 0 atom stereocenters. The van der Waals surface area contributed by atoms with Crippen LogP contribution in [0.4, 0.5) is 5.69 Å². The summed E-state index contributed by atoms with van der Waals surface area (Å²) < 4.78 is 0. The molecule has 0 bridgehead atoms. The minimum atomic E-state index is -1.10. The SMILES string of the molecule is O=C(O)CNC(=O)c1ccc(NC(=S)NN=C(c2ccccc2)c2ccccc2)cc1. The van der Waals surface area contributed by atoms with E-state index in [1.807, 2.05) is 60.7 Å². The zero-order valence-corrected chi connectivity index (χ0v) is 17.2. The number of nitrogens with zero attached hydrogens (tertiary/aromatic N) is 1. The van der Waals surface area contributed by atoms with Gasteiger partial charge in [0.05, 0.1) is 5.71 Å². The normalized spacial score (nSPS) is 9.94. The summed E-state index contributed by atoms with van der Waals surface area (Å²) in [5.41, 5.74) is 6.50. The van der Waals surface area contributed by atoms with Crippen LogP contribution in [0.5, 0.6) is 0 Å². The average Bonchev–Trinajstić information content (AvgIpc) is 2.79. The molecule has 3 rings (SSSR count). The van der Waals surface area contributed by atoms with E-state index in [2.05, 4.69) is 21.2 Å². The first-order valence-electron chi connectivity index (χ1n) is 9.38. The lowest BCUT2D eigenvalue weighted by molar-refractivity contribution is -0.135. The second-order valence-electron chi connectivity index (χ2n) is 6.41. The molecule has 0 fully saturated rings. The number of anilines is 1. The topological polar surface area (TPSA) is 103 Å². The van der Waals surface area contributed by atoms with Crippen LogP contribution in [-0.2, 0) is 4.79 Å². The highest BCUT2D eigenvalue weighted by molar-refractivity contribution is 7.80. The van der Waals surface area contributed by atoms with Crippen molar-refractivity contribution in [3.8, 4) is 0 Å². The van der Waals surface area contributed by atoms with E-state index in [0.29, 0.717) is 11.3 Å². The number of nitrogens with one attached hydrogen (secondary N) is 3. The van der Waals surface area contributed by atoms with Gasteiger partial charge in [0.2, 0.25) is 0 Å². The first kappa shape index (κ1) is 21.7. The monoisotopic (exact) mass is 432 g/mol. The number of carbonyl (C=O) groups is 2. The Labute approximate surface area is 184 Å². The zero-order chi connectivity index (χ0) is 22.1. The number of hydrogen-bond donors (Lipinski definition) is 4. The molecular formula is C23H20N4O3S. The maximum atomic E-state index is 11.9. The molecular weight excluding hydrogens is 412 g/mol. The molecule has 0 heterocycles. The van der Waals surface area contributed by atoms with Crippen LogP contribution in [0.3, 0.4) is 0 Å². The molecule has 4 N–H and O–H groups in total. The van der Waals surface area contributed by atoms with Crippen LogP contribution in [0.1, 0.15) is 21.5 Å². The molecule has 0 aliphatic carbocycles. The summed E-state index contributed by atoms with van der Waals surface area (Å²) in [6.07, 6.45) is 0. The molecule has 0 aromatic heterocycles. The van der Waals surface area contributed by atoms with Crippen LogP contribution >= 0.6 is 12.2 Å². The summed E-state index contributed by atoms with van der Waals surface area (Å²) in [6.45, 7) is -0.435. The smallest absolute Gasteiger partial charge is 0.322 e. The predicted octanol–water partition coefficient (Wildman–Crippen LogP) is 3.24. The van der Waals surface area contributed by atoms with Crippen LogP contribution in [-0.4, -0.2) is 34.4 Å². The lowest BCUT2D eigenvalue weighted by atomic mass is 10.0. The fraction of sp³-hybridized carbons (Fsp3) is 0.0435. The molecule has 0 aliphatic heterocycles. The molecule has 0 aliphatic rings. The summed E-state index contributed by atoms with van der Waals surface area (Å²) in [5.74, 6) is -1.57. The van der Waals surface area contributed by atoms with Crippen LogP contribution in [0.25, 0.3) is 0 Å². The van der Waals surface area contributed by atoms with Gasteiger partial charge in [-0.25, -0.2) is 0 Å². The van der Waals surface area contributed by atoms with Crippen molar-refractivity contribution in [2.45, 2.75) is 0 Å². The van der Waals surface area contributed by atoms with E-state index in [4.69, 9.17) is 17.3 Å². The second-order valence-corrected chi connectivity index (χ2v) is 6.82. The molecule has 0 radical (unpaired) electrons. The van der Waals surface area contributed by atoms with E-state index in [0.717, 1.165) is 16.8 Å². The minimum absolute atomic E-state index is 0.285. The maximum absolute atomic E-state index is 11.9. The third-order valence-electron chi connectivity index (χ3n) is 4.17. The molecule has 31 heavy (non-hydrogen) atoms. The van der Waals surface area contributed by atoms with Crippen LogP contribution in [0.15, 0.2) is 90.0 Å². The van der Waals surface area contributed by atoms with Gasteiger partial charge in [0.15, 0.2) is 5.11 Å². The number of rotatable bonds is 7. The highest BCUT2D eigenvalue weighted by Crippen LogP contribution is 2.12. The summed E-state index contributed by atoms with van der Waals surface area (Å²) in [5, 5.41) is 18.7. The number of amides is 1. The van der Waals surface area contributed by atoms with Gasteiger partial charge in [-0.05, 0) is 36.5 Å². The Balaban J connectivity index is 1.67. The number of aliphatic carboxylic acids is 1. The first-order chi connectivity index (χ1) is 15.0. The number of carboxylic acid groups (broad SMARTS) is 1. The van der Waals surface area contributed by atoms with Crippen molar-refractivity contribution in [1.29, 1.82) is 0 Å². The standard InChI is InChI=1S/C23H20N4O3S/c28-20(29)15-24-22(30)18-11-13-19(14-12-18)25-23(31)27-26-21(16-7-3-1-4-8-16)17-9-5-2-6-10-17/h1-14H,15H2,(H,24,30)(H,28,29)(H2,25,27,31). The molecule has 0 unspecified atom stereocenters. The summed E-state index contributed by atoms with van der Waals surface area (Å²) in [6, 6.07) is 26.0. The van der Waals surface area contributed by atoms with Crippen molar-refractivity contribution in [2.75, 3.05) is 11.9 Å². The second kappa shape index (κ2) is 10.7. The highest BCUT2D eigenvalue weighted by Gasteiger charge is 2.09. The van der Waals surface area contributed by atoms with Crippen molar-refractivity contribution >= 4 is 40.6 Å². The molecule has 7 nitrogen and oxygen atoms in total. The molecule has 3 aromatic rings. The number of carbonyl (C=O) groups excluding carboxylic acids is 1. The van der Waals surface area contributed by atoms with E-state index < -0.39 is 18.4 Å². The zero-order valence-electron chi connectivity index (χ0n) is 16.4. The van der Waals surface area contributed by atoms with E-state index in [1.165, 1.54) is 0 Å². The Morgan fingerprint density at radius 3 is 1.87 bits per heavy atom. The third-order valence-corrected chi connectivity index (χ3v) is 4.36. The van der Waals surface area contributed by atoms with Crippen molar-refractivity contribution in [3.63, 3.8) is 0 Å². The van der Waals surface area contributed by atoms with Gasteiger partial charge in [-0.1, -0.05) is 60.7 Å². The minimum Gasteiger partial charge on any atom is -0.480 e. The van der Waals surface area contributed by atoms with Gasteiger partial charge < -0.3 is 15.7 Å². The summed E-state index contributed by atoms with van der Waals surface area (Å²) >= 11 is 5.34. The highest BCUT2D eigenvalue weighted by atomic mass is 32.1. The molecule has 0 spiro atoms. The van der Waals surface area contributed by atoms with Gasteiger partial charge in [0.1, 0.15) is 6.54 Å². The van der Waals surface area contributed by atoms with Gasteiger partial charge in [0.25, 0.3) is 5.91 Å². The number of thiocarbonyl (C=S) groups is 1. The van der Waals surface area contributed by atoms with Crippen LogP contribution in [0, 0.1) is 0 Å².